The van der Waals surface area contributed by atoms with Crippen molar-refractivity contribution in [1.82, 2.24) is 15.5 Å². The minimum absolute atomic E-state index is 0.281. The van der Waals surface area contributed by atoms with Crippen LogP contribution in [0.3, 0.4) is 0 Å². The number of rotatable bonds is 3. The Hall–Kier alpha value is -0.550. The highest BCUT2D eigenvalue weighted by Crippen LogP contribution is 2.26. The maximum absolute atomic E-state index is 5.56. The van der Waals surface area contributed by atoms with E-state index in [4.69, 9.17) is 4.42 Å². The van der Waals surface area contributed by atoms with Gasteiger partial charge in [-0.3, -0.25) is 0 Å². The van der Waals surface area contributed by atoms with Gasteiger partial charge < -0.3 is 9.73 Å². The molecule has 0 unspecified atom stereocenters. The molecule has 1 aliphatic heterocycles. The van der Waals surface area contributed by atoms with E-state index in [-0.39, 0.29) is 6.04 Å². The minimum Gasteiger partial charge on any atom is -0.414 e. The Labute approximate surface area is 87.9 Å². The van der Waals surface area contributed by atoms with Gasteiger partial charge in [-0.15, -0.1) is 10.2 Å². The smallest absolute Gasteiger partial charge is 0.276 e. The van der Waals surface area contributed by atoms with E-state index < -0.39 is 0 Å². The van der Waals surface area contributed by atoms with E-state index in [1.54, 1.807) is 11.8 Å². The van der Waals surface area contributed by atoms with Gasteiger partial charge in [0.25, 0.3) is 5.22 Å². The van der Waals surface area contributed by atoms with Crippen LogP contribution in [0.4, 0.5) is 0 Å². The Kier molecular flexibility index (Phi) is 3.08. The van der Waals surface area contributed by atoms with Gasteiger partial charge in [0.15, 0.2) is 0 Å². The Bertz CT molecular complexity index is 294. The molecule has 0 aliphatic carbocycles. The lowest BCUT2D eigenvalue weighted by molar-refractivity contribution is 0.373. The summed E-state index contributed by atoms with van der Waals surface area (Å²) in [4.78, 5) is 0. The largest absolute Gasteiger partial charge is 0.414 e. The predicted molar refractivity (Wildman–Crippen MR) is 55.3 cm³/mol. The molecule has 2 heterocycles. The standard InChI is InChI=1S/C9H15N3OS/c1-6(2)14-9-12-11-8(13-9)7-4-3-5-10-7/h6-7,10H,3-5H2,1-2H3/t7-/m0/s1. The second-order valence-electron chi connectivity index (χ2n) is 3.72. The zero-order valence-electron chi connectivity index (χ0n) is 8.49. The van der Waals surface area contributed by atoms with Crippen LogP contribution in [-0.4, -0.2) is 22.0 Å². The first-order chi connectivity index (χ1) is 6.75. The molecule has 0 amide bonds. The number of hydrogen-bond acceptors (Lipinski definition) is 5. The first-order valence-electron chi connectivity index (χ1n) is 4.99. The van der Waals surface area contributed by atoms with Gasteiger partial charge >= 0.3 is 0 Å². The second kappa shape index (κ2) is 4.31. The third-order valence-corrected chi connectivity index (χ3v) is 2.96. The van der Waals surface area contributed by atoms with Gasteiger partial charge in [0.1, 0.15) is 0 Å². The molecule has 5 heteroatoms. The molecule has 0 radical (unpaired) electrons. The molecule has 1 fully saturated rings. The molecule has 1 aliphatic rings. The Balaban J connectivity index is 2.01. The molecule has 0 spiro atoms. The molecule has 1 N–H and O–H groups in total. The van der Waals surface area contributed by atoms with Gasteiger partial charge in [-0.1, -0.05) is 25.6 Å². The van der Waals surface area contributed by atoms with Gasteiger partial charge in [0.05, 0.1) is 6.04 Å². The average Bonchev–Trinajstić information content (AvgIpc) is 2.69. The summed E-state index contributed by atoms with van der Waals surface area (Å²) >= 11 is 1.61. The molecule has 2 rings (SSSR count). The summed E-state index contributed by atoms with van der Waals surface area (Å²) in [6.45, 7) is 5.28. The number of hydrogen-bond donors (Lipinski definition) is 1. The number of nitrogens with zero attached hydrogens (tertiary/aromatic N) is 2. The van der Waals surface area contributed by atoms with Gasteiger partial charge in [-0.05, 0) is 19.4 Å². The Morgan fingerprint density at radius 1 is 1.50 bits per heavy atom. The van der Waals surface area contributed by atoms with Gasteiger partial charge in [-0.2, -0.15) is 0 Å². The number of thioether (sulfide) groups is 1. The third kappa shape index (κ3) is 2.27. The van der Waals surface area contributed by atoms with Crippen molar-refractivity contribution in [2.45, 2.75) is 43.2 Å². The van der Waals surface area contributed by atoms with E-state index in [9.17, 15) is 0 Å². The number of nitrogens with one attached hydrogen (secondary N) is 1. The molecular weight excluding hydrogens is 198 g/mol. The van der Waals surface area contributed by atoms with Crippen LogP contribution in [0.15, 0.2) is 9.64 Å². The van der Waals surface area contributed by atoms with Crippen molar-refractivity contribution in [3.05, 3.63) is 5.89 Å². The molecule has 1 saturated heterocycles. The van der Waals surface area contributed by atoms with Crippen LogP contribution < -0.4 is 5.32 Å². The summed E-state index contributed by atoms with van der Waals surface area (Å²) in [6, 6.07) is 0.281. The van der Waals surface area contributed by atoms with Crippen molar-refractivity contribution >= 4 is 11.8 Å². The molecule has 4 nitrogen and oxygen atoms in total. The SMILES string of the molecule is CC(C)Sc1nnc([C@@H]2CCCN2)o1. The van der Waals surface area contributed by atoms with Gasteiger partial charge in [0, 0.05) is 5.25 Å². The van der Waals surface area contributed by atoms with Crippen molar-refractivity contribution in [1.29, 1.82) is 0 Å². The lowest BCUT2D eigenvalue weighted by Gasteiger charge is -2.02. The zero-order valence-corrected chi connectivity index (χ0v) is 9.30. The monoisotopic (exact) mass is 213 g/mol. The van der Waals surface area contributed by atoms with E-state index in [1.807, 2.05) is 0 Å². The molecule has 0 aromatic carbocycles. The summed E-state index contributed by atoms with van der Waals surface area (Å²) in [7, 11) is 0. The average molecular weight is 213 g/mol. The fraction of sp³-hybridized carbons (Fsp3) is 0.778. The van der Waals surface area contributed by atoms with Crippen molar-refractivity contribution < 1.29 is 4.42 Å². The van der Waals surface area contributed by atoms with E-state index in [0.717, 1.165) is 18.9 Å². The van der Waals surface area contributed by atoms with Crippen molar-refractivity contribution in [3.63, 3.8) is 0 Å². The molecule has 78 valence electrons. The van der Waals surface area contributed by atoms with E-state index in [1.165, 1.54) is 6.42 Å². The van der Waals surface area contributed by atoms with Crippen molar-refractivity contribution in [3.8, 4) is 0 Å². The van der Waals surface area contributed by atoms with E-state index in [0.29, 0.717) is 10.5 Å². The van der Waals surface area contributed by atoms with Crippen LogP contribution in [0.2, 0.25) is 0 Å². The highest BCUT2D eigenvalue weighted by atomic mass is 32.2. The van der Waals surface area contributed by atoms with Crippen molar-refractivity contribution in [2.24, 2.45) is 0 Å². The summed E-state index contributed by atoms with van der Waals surface area (Å²) < 4.78 is 5.56. The maximum atomic E-state index is 5.56. The third-order valence-electron chi connectivity index (χ3n) is 2.12. The highest BCUT2D eigenvalue weighted by molar-refractivity contribution is 7.99. The molecule has 1 aromatic heterocycles. The summed E-state index contributed by atoms with van der Waals surface area (Å²) in [6.07, 6.45) is 2.30. The molecular formula is C9H15N3OS. The Morgan fingerprint density at radius 2 is 2.36 bits per heavy atom. The lowest BCUT2D eigenvalue weighted by atomic mass is 10.2. The summed E-state index contributed by atoms with van der Waals surface area (Å²) in [5, 5.41) is 12.6. The van der Waals surface area contributed by atoms with Crippen LogP contribution in [0, 0.1) is 0 Å². The van der Waals surface area contributed by atoms with Crippen LogP contribution in [0.5, 0.6) is 0 Å². The first kappa shape index (κ1) is 9.98. The fourth-order valence-electron chi connectivity index (χ4n) is 1.51. The van der Waals surface area contributed by atoms with Crippen molar-refractivity contribution in [2.75, 3.05) is 6.54 Å². The normalized spacial score (nSPS) is 22.1. The highest BCUT2D eigenvalue weighted by Gasteiger charge is 2.22. The van der Waals surface area contributed by atoms with Crippen LogP contribution in [0.25, 0.3) is 0 Å². The fourth-order valence-corrected chi connectivity index (χ4v) is 2.13. The van der Waals surface area contributed by atoms with Gasteiger partial charge in [0.2, 0.25) is 5.89 Å². The van der Waals surface area contributed by atoms with Crippen LogP contribution >= 0.6 is 11.8 Å². The maximum Gasteiger partial charge on any atom is 0.276 e. The topological polar surface area (TPSA) is 51.0 Å². The Morgan fingerprint density at radius 3 is 3.00 bits per heavy atom. The molecule has 14 heavy (non-hydrogen) atoms. The quantitative estimate of drug-likeness (QED) is 0.778. The number of aromatic nitrogens is 2. The first-order valence-corrected chi connectivity index (χ1v) is 5.87. The second-order valence-corrected chi connectivity index (χ2v) is 5.25. The predicted octanol–water partition coefficient (Wildman–Crippen LogP) is 1.99. The van der Waals surface area contributed by atoms with Crippen LogP contribution in [-0.2, 0) is 0 Å². The minimum atomic E-state index is 0.281. The summed E-state index contributed by atoms with van der Waals surface area (Å²) in [5.41, 5.74) is 0. The lowest BCUT2D eigenvalue weighted by Crippen LogP contribution is -2.12. The molecule has 1 aromatic rings. The van der Waals surface area contributed by atoms with Gasteiger partial charge in [-0.25, -0.2) is 0 Å². The zero-order chi connectivity index (χ0) is 9.97. The molecule has 0 bridgehead atoms. The molecule has 0 saturated carbocycles. The summed E-state index contributed by atoms with van der Waals surface area (Å²) in [5.74, 6) is 0.741. The van der Waals surface area contributed by atoms with E-state index in [2.05, 4.69) is 29.4 Å². The van der Waals surface area contributed by atoms with E-state index >= 15 is 0 Å². The van der Waals surface area contributed by atoms with Crippen LogP contribution in [0.1, 0.15) is 38.6 Å². The molecule has 1 atom stereocenters.